The third kappa shape index (κ3) is 3.15. The molecule has 1 aromatic rings. The molecule has 0 spiro atoms. The molecule has 3 heteroatoms. The lowest BCUT2D eigenvalue weighted by molar-refractivity contribution is 0.209. The van der Waals surface area contributed by atoms with Gasteiger partial charge in [-0.1, -0.05) is 28.4 Å². The van der Waals surface area contributed by atoms with E-state index in [2.05, 4.69) is 22.0 Å². The molecule has 2 nitrogen and oxygen atoms in total. The molecule has 0 heterocycles. The summed E-state index contributed by atoms with van der Waals surface area (Å²) < 4.78 is 6.15. The van der Waals surface area contributed by atoms with Gasteiger partial charge in [0, 0.05) is 10.0 Å². The first-order valence-electron chi connectivity index (χ1n) is 6.43. The van der Waals surface area contributed by atoms with Gasteiger partial charge in [0.05, 0.1) is 7.11 Å². The zero-order valence-electron chi connectivity index (χ0n) is 10.7. The maximum absolute atomic E-state index is 10.5. The normalized spacial score (nSPS) is 17.8. The van der Waals surface area contributed by atoms with E-state index in [1.807, 2.05) is 18.2 Å². The van der Waals surface area contributed by atoms with Crippen LogP contribution < -0.4 is 4.74 Å². The summed E-state index contributed by atoms with van der Waals surface area (Å²) in [5.41, 5.74) is 2.03. The van der Waals surface area contributed by atoms with Gasteiger partial charge in [0.25, 0.3) is 0 Å². The number of methoxy groups -OCH3 is 1. The fourth-order valence-corrected chi connectivity index (χ4v) is 2.81. The summed E-state index contributed by atoms with van der Waals surface area (Å²) >= 11 is 3.50. The summed E-state index contributed by atoms with van der Waals surface area (Å²) in [6.45, 7) is 0. The first-order chi connectivity index (χ1) is 8.72. The van der Waals surface area contributed by atoms with Crippen molar-refractivity contribution in [3.63, 3.8) is 0 Å². The highest BCUT2D eigenvalue weighted by atomic mass is 79.9. The van der Waals surface area contributed by atoms with E-state index in [1.54, 1.807) is 7.11 Å². The molecule has 18 heavy (non-hydrogen) atoms. The monoisotopic (exact) mass is 310 g/mol. The van der Waals surface area contributed by atoms with Crippen LogP contribution in [0.4, 0.5) is 0 Å². The molecule has 2 rings (SSSR count). The van der Waals surface area contributed by atoms with Gasteiger partial charge in [-0.05, 0) is 49.5 Å². The quantitative estimate of drug-likeness (QED) is 0.839. The Balaban J connectivity index is 2.26. The van der Waals surface area contributed by atoms with Crippen LogP contribution in [0, 0.1) is 0 Å². The summed E-state index contributed by atoms with van der Waals surface area (Å²) in [6, 6.07) is 5.72. The molecule has 0 saturated carbocycles. The minimum atomic E-state index is -0.521. The standard InChI is InChI=1S/C15H19BrO2/c1-18-12-8-9-14(16)13(10-12)15(17)11-6-4-2-3-5-7-11/h6,8-10,15,17H,2-5,7H2,1H3. The first-order valence-corrected chi connectivity index (χ1v) is 7.22. The summed E-state index contributed by atoms with van der Waals surface area (Å²) in [6.07, 6.45) is 7.40. The van der Waals surface area contributed by atoms with Crippen LogP contribution in [0.25, 0.3) is 0 Å². The van der Waals surface area contributed by atoms with Crippen molar-refractivity contribution in [2.45, 2.75) is 38.2 Å². The van der Waals surface area contributed by atoms with Gasteiger partial charge < -0.3 is 9.84 Å². The molecular formula is C15H19BrO2. The summed E-state index contributed by atoms with van der Waals surface area (Å²) in [7, 11) is 1.64. The molecule has 1 aromatic carbocycles. The van der Waals surface area contributed by atoms with Gasteiger partial charge in [0.15, 0.2) is 0 Å². The molecule has 0 radical (unpaired) electrons. The van der Waals surface area contributed by atoms with Gasteiger partial charge >= 0.3 is 0 Å². The lowest BCUT2D eigenvalue weighted by Gasteiger charge is -2.17. The Kier molecular flexibility index (Phi) is 4.84. The predicted molar refractivity (Wildman–Crippen MR) is 76.8 cm³/mol. The Morgan fingerprint density at radius 1 is 1.28 bits per heavy atom. The number of rotatable bonds is 3. The van der Waals surface area contributed by atoms with Crippen LogP contribution in [0.1, 0.15) is 43.8 Å². The van der Waals surface area contributed by atoms with E-state index < -0.39 is 6.10 Å². The van der Waals surface area contributed by atoms with Gasteiger partial charge in [-0.15, -0.1) is 0 Å². The summed E-state index contributed by atoms with van der Waals surface area (Å²) in [5.74, 6) is 0.779. The highest BCUT2D eigenvalue weighted by Gasteiger charge is 2.17. The highest BCUT2D eigenvalue weighted by Crippen LogP contribution is 2.34. The van der Waals surface area contributed by atoms with Crippen LogP contribution in [0.5, 0.6) is 5.75 Å². The molecule has 1 aliphatic carbocycles. The Hall–Kier alpha value is -0.800. The highest BCUT2D eigenvalue weighted by molar-refractivity contribution is 9.10. The average molecular weight is 311 g/mol. The van der Waals surface area contributed by atoms with E-state index in [0.717, 1.165) is 34.2 Å². The Morgan fingerprint density at radius 2 is 2.11 bits per heavy atom. The lowest BCUT2D eigenvalue weighted by atomic mass is 9.98. The third-order valence-corrected chi connectivity index (χ3v) is 4.15. The van der Waals surface area contributed by atoms with Crippen LogP contribution in [0.3, 0.4) is 0 Å². The molecule has 0 bridgehead atoms. The number of benzene rings is 1. The van der Waals surface area contributed by atoms with Crippen LogP contribution in [-0.2, 0) is 0 Å². The van der Waals surface area contributed by atoms with E-state index in [0.29, 0.717) is 0 Å². The number of aliphatic hydroxyl groups is 1. The van der Waals surface area contributed by atoms with Gasteiger partial charge in [-0.3, -0.25) is 0 Å². The van der Waals surface area contributed by atoms with Crippen molar-refractivity contribution in [2.75, 3.05) is 7.11 Å². The van der Waals surface area contributed by atoms with Crippen molar-refractivity contribution in [3.05, 3.63) is 39.9 Å². The predicted octanol–water partition coefficient (Wildman–Crippen LogP) is 4.38. The molecule has 1 unspecified atom stereocenters. The lowest BCUT2D eigenvalue weighted by Crippen LogP contribution is -2.03. The van der Waals surface area contributed by atoms with E-state index >= 15 is 0 Å². The Bertz CT molecular complexity index is 440. The molecule has 0 saturated heterocycles. The Morgan fingerprint density at radius 3 is 2.89 bits per heavy atom. The number of allylic oxidation sites excluding steroid dienone is 1. The van der Waals surface area contributed by atoms with E-state index in [-0.39, 0.29) is 0 Å². The van der Waals surface area contributed by atoms with Crippen molar-refractivity contribution < 1.29 is 9.84 Å². The molecule has 98 valence electrons. The SMILES string of the molecule is COc1ccc(Br)c(C(O)C2=CCCCCC2)c1. The van der Waals surface area contributed by atoms with Gasteiger partial charge in [0.1, 0.15) is 11.9 Å². The van der Waals surface area contributed by atoms with E-state index in [4.69, 9.17) is 4.74 Å². The molecule has 1 aliphatic rings. The van der Waals surface area contributed by atoms with Crippen LogP contribution in [0.15, 0.2) is 34.3 Å². The fraction of sp³-hybridized carbons (Fsp3) is 0.467. The first kappa shape index (κ1) is 13.6. The van der Waals surface area contributed by atoms with Gasteiger partial charge in [-0.25, -0.2) is 0 Å². The summed E-state index contributed by atoms with van der Waals surface area (Å²) in [5, 5.41) is 10.5. The fourth-order valence-electron chi connectivity index (χ4n) is 2.35. The number of ether oxygens (including phenoxy) is 1. The maximum atomic E-state index is 10.5. The van der Waals surface area contributed by atoms with E-state index in [9.17, 15) is 5.11 Å². The zero-order chi connectivity index (χ0) is 13.0. The number of hydrogen-bond donors (Lipinski definition) is 1. The summed E-state index contributed by atoms with van der Waals surface area (Å²) in [4.78, 5) is 0. The topological polar surface area (TPSA) is 29.5 Å². The number of hydrogen-bond acceptors (Lipinski definition) is 2. The second kappa shape index (κ2) is 6.39. The zero-order valence-corrected chi connectivity index (χ0v) is 12.2. The molecule has 1 atom stereocenters. The Labute approximate surface area is 117 Å². The van der Waals surface area contributed by atoms with E-state index in [1.165, 1.54) is 19.3 Å². The van der Waals surface area contributed by atoms with Crippen molar-refractivity contribution in [3.8, 4) is 5.75 Å². The van der Waals surface area contributed by atoms with Crippen LogP contribution in [0.2, 0.25) is 0 Å². The van der Waals surface area contributed by atoms with Crippen LogP contribution >= 0.6 is 15.9 Å². The van der Waals surface area contributed by atoms with Crippen molar-refractivity contribution >= 4 is 15.9 Å². The largest absolute Gasteiger partial charge is 0.497 e. The van der Waals surface area contributed by atoms with Crippen molar-refractivity contribution in [1.29, 1.82) is 0 Å². The van der Waals surface area contributed by atoms with Crippen molar-refractivity contribution in [1.82, 2.24) is 0 Å². The minimum absolute atomic E-state index is 0.521. The molecule has 0 aliphatic heterocycles. The van der Waals surface area contributed by atoms with Crippen LogP contribution in [-0.4, -0.2) is 12.2 Å². The molecule has 0 amide bonds. The number of halogens is 1. The van der Waals surface area contributed by atoms with Gasteiger partial charge in [0.2, 0.25) is 0 Å². The molecular weight excluding hydrogens is 292 g/mol. The second-order valence-electron chi connectivity index (χ2n) is 4.67. The van der Waals surface area contributed by atoms with Gasteiger partial charge in [-0.2, -0.15) is 0 Å². The minimum Gasteiger partial charge on any atom is -0.497 e. The molecule has 1 N–H and O–H groups in total. The molecule has 0 fully saturated rings. The second-order valence-corrected chi connectivity index (χ2v) is 5.52. The smallest absolute Gasteiger partial charge is 0.119 e. The molecule has 0 aromatic heterocycles. The van der Waals surface area contributed by atoms with Crippen molar-refractivity contribution in [2.24, 2.45) is 0 Å². The maximum Gasteiger partial charge on any atom is 0.119 e. The number of aliphatic hydroxyl groups excluding tert-OH is 1. The third-order valence-electron chi connectivity index (χ3n) is 3.43. The average Bonchev–Trinajstić information content (AvgIpc) is 2.67.